The van der Waals surface area contributed by atoms with Crippen molar-refractivity contribution in [2.75, 3.05) is 25.5 Å². The quantitative estimate of drug-likeness (QED) is 0.873. The standard InChI is InChI=1S/C16H24N2O3/c1-12(2)18-10-8-16(9-11-18,15(19)20)17-13-4-6-14(21-3)7-5-13/h4-7,12,17H,8-11H2,1-3H3,(H,19,20). The van der Waals surface area contributed by atoms with Crippen LogP contribution in [0.1, 0.15) is 26.7 Å². The van der Waals surface area contributed by atoms with E-state index in [1.54, 1.807) is 7.11 Å². The molecule has 2 N–H and O–H groups in total. The first-order valence-corrected chi connectivity index (χ1v) is 7.36. The molecule has 0 atom stereocenters. The number of hydrogen-bond acceptors (Lipinski definition) is 4. The minimum atomic E-state index is -0.875. The molecule has 1 saturated heterocycles. The number of anilines is 1. The van der Waals surface area contributed by atoms with E-state index in [-0.39, 0.29) is 0 Å². The van der Waals surface area contributed by atoms with Crippen molar-refractivity contribution >= 4 is 11.7 Å². The molecule has 0 saturated carbocycles. The van der Waals surface area contributed by atoms with Crippen LogP contribution in [0.25, 0.3) is 0 Å². The van der Waals surface area contributed by atoms with Crippen LogP contribution < -0.4 is 10.1 Å². The van der Waals surface area contributed by atoms with E-state index in [4.69, 9.17) is 4.74 Å². The molecule has 0 bridgehead atoms. The first-order valence-electron chi connectivity index (χ1n) is 7.36. The lowest BCUT2D eigenvalue weighted by Gasteiger charge is -2.41. The Kier molecular flexibility index (Phi) is 4.73. The number of piperidine rings is 1. The molecule has 21 heavy (non-hydrogen) atoms. The molecule has 0 spiro atoms. The molecule has 5 nitrogen and oxygen atoms in total. The largest absolute Gasteiger partial charge is 0.497 e. The Labute approximate surface area is 125 Å². The van der Waals surface area contributed by atoms with Crippen LogP contribution >= 0.6 is 0 Å². The van der Waals surface area contributed by atoms with Crippen molar-refractivity contribution in [3.63, 3.8) is 0 Å². The van der Waals surface area contributed by atoms with Crippen molar-refractivity contribution in [1.82, 2.24) is 4.90 Å². The van der Waals surface area contributed by atoms with Gasteiger partial charge in [-0.15, -0.1) is 0 Å². The molecular weight excluding hydrogens is 268 g/mol. The van der Waals surface area contributed by atoms with Crippen LogP contribution in [0.5, 0.6) is 5.75 Å². The molecule has 1 heterocycles. The summed E-state index contributed by atoms with van der Waals surface area (Å²) in [5, 5.41) is 12.9. The molecule has 2 rings (SSSR count). The highest BCUT2D eigenvalue weighted by Crippen LogP contribution is 2.29. The van der Waals surface area contributed by atoms with Gasteiger partial charge in [0.2, 0.25) is 0 Å². The average molecular weight is 292 g/mol. The SMILES string of the molecule is COc1ccc(NC2(C(=O)O)CCN(C(C)C)CC2)cc1. The summed E-state index contributed by atoms with van der Waals surface area (Å²) in [5.41, 5.74) is -0.0591. The fraction of sp³-hybridized carbons (Fsp3) is 0.562. The van der Waals surface area contributed by atoms with Crippen LogP contribution in [-0.4, -0.2) is 47.8 Å². The Balaban J connectivity index is 2.10. The molecule has 1 aromatic rings. The number of nitrogens with one attached hydrogen (secondary N) is 1. The van der Waals surface area contributed by atoms with Gasteiger partial charge in [0.1, 0.15) is 11.3 Å². The molecule has 0 amide bonds. The summed E-state index contributed by atoms with van der Waals surface area (Å²) in [5.74, 6) is -0.0127. The topological polar surface area (TPSA) is 61.8 Å². The Hall–Kier alpha value is -1.75. The van der Waals surface area contributed by atoms with Crippen LogP contribution in [0.4, 0.5) is 5.69 Å². The summed E-state index contributed by atoms with van der Waals surface area (Å²) >= 11 is 0. The molecule has 1 fully saturated rings. The lowest BCUT2D eigenvalue weighted by Crippen LogP contribution is -2.55. The minimum Gasteiger partial charge on any atom is -0.497 e. The Bertz CT molecular complexity index is 477. The molecule has 5 heteroatoms. The van der Waals surface area contributed by atoms with Crippen molar-refractivity contribution in [2.45, 2.75) is 38.3 Å². The zero-order chi connectivity index (χ0) is 15.5. The third-order valence-corrected chi connectivity index (χ3v) is 4.26. The van der Waals surface area contributed by atoms with E-state index in [0.717, 1.165) is 24.5 Å². The van der Waals surface area contributed by atoms with Crippen LogP contribution in [0.3, 0.4) is 0 Å². The highest BCUT2D eigenvalue weighted by Gasteiger charge is 2.41. The second-order valence-corrected chi connectivity index (χ2v) is 5.87. The summed E-state index contributed by atoms with van der Waals surface area (Å²) in [4.78, 5) is 14.1. The van der Waals surface area contributed by atoms with Crippen molar-refractivity contribution in [1.29, 1.82) is 0 Å². The van der Waals surface area contributed by atoms with E-state index >= 15 is 0 Å². The first-order chi connectivity index (χ1) is 9.97. The number of likely N-dealkylation sites (tertiary alicyclic amines) is 1. The number of carbonyl (C=O) groups is 1. The van der Waals surface area contributed by atoms with Crippen molar-refractivity contribution < 1.29 is 14.6 Å². The molecule has 1 aromatic carbocycles. The van der Waals surface area contributed by atoms with Gasteiger partial charge in [0.15, 0.2) is 0 Å². The zero-order valence-electron chi connectivity index (χ0n) is 12.9. The van der Waals surface area contributed by atoms with Gasteiger partial charge < -0.3 is 20.1 Å². The molecule has 0 radical (unpaired) electrons. The van der Waals surface area contributed by atoms with Crippen LogP contribution in [-0.2, 0) is 4.79 Å². The predicted octanol–water partition coefficient (Wildman–Crippen LogP) is 2.43. The molecule has 0 aliphatic carbocycles. The number of rotatable bonds is 5. The highest BCUT2D eigenvalue weighted by molar-refractivity contribution is 5.83. The maximum absolute atomic E-state index is 11.8. The summed E-state index contributed by atoms with van der Waals surface area (Å²) < 4.78 is 5.12. The maximum Gasteiger partial charge on any atom is 0.329 e. The molecular formula is C16H24N2O3. The van der Waals surface area contributed by atoms with Crippen molar-refractivity contribution in [2.24, 2.45) is 0 Å². The van der Waals surface area contributed by atoms with Crippen molar-refractivity contribution in [3.05, 3.63) is 24.3 Å². The number of carboxylic acid groups (broad SMARTS) is 1. The van der Waals surface area contributed by atoms with E-state index in [1.165, 1.54) is 0 Å². The maximum atomic E-state index is 11.8. The fourth-order valence-corrected chi connectivity index (χ4v) is 2.77. The van der Waals surface area contributed by atoms with Gasteiger partial charge in [-0.3, -0.25) is 0 Å². The minimum absolute atomic E-state index is 0.456. The highest BCUT2D eigenvalue weighted by atomic mass is 16.5. The van der Waals surface area contributed by atoms with Gasteiger partial charge in [-0.1, -0.05) is 0 Å². The Morgan fingerprint density at radius 3 is 2.29 bits per heavy atom. The van der Waals surface area contributed by atoms with Gasteiger partial charge >= 0.3 is 5.97 Å². The third-order valence-electron chi connectivity index (χ3n) is 4.26. The third kappa shape index (κ3) is 3.47. The summed E-state index contributed by atoms with van der Waals surface area (Å²) in [6.07, 6.45) is 1.21. The summed E-state index contributed by atoms with van der Waals surface area (Å²) in [6.45, 7) is 5.88. The van der Waals surface area contributed by atoms with Crippen LogP contribution in [0.15, 0.2) is 24.3 Å². The fourth-order valence-electron chi connectivity index (χ4n) is 2.77. The number of aliphatic carboxylic acids is 1. The Morgan fingerprint density at radius 1 is 1.29 bits per heavy atom. The molecule has 116 valence electrons. The molecule has 0 unspecified atom stereocenters. The lowest BCUT2D eigenvalue weighted by molar-refractivity contribution is -0.144. The Morgan fingerprint density at radius 2 is 1.86 bits per heavy atom. The number of nitrogens with zero attached hydrogens (tertiary/aromatic N) is 1. The van der Waals surface area contributed by atoms with Crippen molar-refractivity contribution in [3.8, 4) is 5.75 Å². The van der Waals surface area contributed by atoms with E-state index in [1.807, 2.05) is 24.3 Å². The van der Waals surface area contributed by atoms with Gasteiger partial charge in [-0.2, -0.15) is 0 Å². The zero-order valence-corrected chi connectivity index (χ0v) is 12.9. The van der Waals surface area contributed by atoms with E-state index < -0.39 is 11.5 Å². The number of hydrogen-bond donors (Lipinski definition) is 2. The van der Waals surface area contributed by atoms with E-state index in [2.05, 4.69) is 24.1 Å². The van der Waals surface area contributed by atoms with Crippen LogP contribution in [0, 0.1) is 0 Å². The van der Waals surface area contributed by atoms with E-state index in [0.29, 0.717) is 18.9 Å². The summed E-state index contributed by atoms with van der Waals surface area (Å²) in [7, 11) is 1.61. The van der Waals surface area contributed by atoms with Gasteiger partial charge in [-0.25, -0.2) is 4.79 Å². The lowest BCUT2D eigenvalue weighted by atomic mass is 9.86. The molecule has 1 aliphatic heterocycles. The summed E-state index contributed by atoms with van der Waals surface area (Å²) in [6, 6.07) is 7.84. The number of benzene rings is 1. The smallest absolute Gasteiger partial charge is 0.329 e. The molecule has 0 aromatic heterocycles. The molecule has 1 aliphatic rings. The van der Waals surface area contributed by atoms with Gasteiger partial charge in [0, 0.05) is 24.8 Å². The van der Waals surface area contributed by atoms with Gasteiger partial charge in [0.25, 0.3) is 0 Å². The number of methoxy groups -OCH3 is 1. The van der Waals surface area contributed by atoms with Gasteiger partial charge in [-0.05, 0) is 51.0 Å². The average Bonchev–Trinajstić information content (AvgIpc) is 2.48. The second kappa shape index (κ2) is 6.35. The van der Waals surface area contributed by atoms with Crippen LogP contribution in [0.2, 0.25) is 0 Å². The monoisotopic (exact) mass is 292 g/mol. The van der Waals surface area contributed by atoms with Gasteiger partial charge in [0.05, 0.1) is 7.11 Å². The van der Waals surface area contributed by atoms with E-state index in [9.17, 15) is 9.90 Å². The second-order valence-electron chi connectivity index (χ2n) is 5.87. The number of ether oxygens (including phenoxy) is 1. The number of carboxylic acids is 1. The predicted molar refractivity (Wildman–Crippen MR) is 82.9 cm³/mol. The normalized spacial score (nSPS) is 18.5. The first kappa shape index (κ1) is 15.6.